The molecule has 0 amide bonds. The van der Waals surface area contributed by atoms with Crippen LogP contribution < -0.4 is 5.32 Å². The molecule has 4 rings (SSSR count). The second-order valence-electron chi connectivity index (χ2n) is 5.60. The van der Waals surface area contributed by atoms with Gasteiger partial charge in [0.05, 0.1) is 5.69 Å². The Hall–Kier alpha value is -1.84. The number of aryl methyl sites for hydroxylation is 1. The Morgan fingerprint density at radius 1 is 1.26 bits per heavy atom. The first-order valence-corrected chi connectivity index (χ1v) is 7.11. The molecule has 0 bridgehead atoms. The molecule has 1 saturated carbocycles. The molecule has 19 heavy (non-hydrogen) atoms. The first-order valence-electron chi connectivity index (χ1n) is 7.11. The average Bonchev–Trinajstić information content (AvgIpc) is 2.82. The molecule has 2 aliphatic rings. The molecule has 1 aliphatic heterocycles. The van der Waals surface area contributed by atoms with E-state index in [0.29, 0.717) is 0 Å². The zero-order valence-corrected chi connectivity index (χ0v) is 11.0. The van der Waals surface area contributed by atoms with Crippen molar-refractivity contribution in [3.63, 3.8) is 0 Å². The van der Waals surface area contributed by atoms with E-state index >= 15 is 0 Å². The second kappa shape index (κ2) is 4.08. The highest BCUT2D eigenvalue weighted by Crippen LogP contribution is 2.48. The van der Waals surface area contributed by atoms with Gasteiger partial charge in [-0.25, -0.2) is 4.68 Å². The highest BCUT2D eigenvalue weighted by molar-refractivity contribution is 5.45. The molecule has 0 saturated heterocycles. The molecule has 0 spiro atoms. The predicted molar refractivity (Wildman–Crippen MR) is 74.2 cm³/mol. The van der Waals surface area contributed by atoms with Gasteiger partial charge in [0.25, 0.3) is 0 Å². The van der Waals surface area contributed by atoms with Gasteiger partial charge in [-0.3, -0.25) is 4.98 Å². The topological polar surface area (TPSA) is 42.7 Å². The van der Waals surface area contributed by atoms with Crippen molar-refractivity contribution in [3.8, 4) is 0 Å². The van der Waals surface area contributed by atoms with Crippen molar-refractivity contribution in [1.82, 2.24) is 14.8 Å². The van der Waals surface area contributed by atoms with Crippen LogP contribution in [0.25, 0.3) is 0 Å². The third kappa shape index (κ3) is 1.59. The minimum atomic E-state index is 0.111. The van der Waals surface area contributed by atoms with Gasteiger partial charge in [0.1, 0.15) is 5.82 Å². The van der Waals surface area contributed by atoms with Crippen LogP contribution in [0.1, 0.15) is 36.9 Å². The van der Waals surface area contributed by atoms with Gasteiger partial charge in [-0.05, 0) is 30.9 Å². The van der Waals surface area contributed by atoms with E-state index in [-0.39, 0.29) is 5.41 Å². The summed E-state index contributed by atoms with van der Waals surface area (Å²) in [7, 11) is 0. The number of rotatable bonds is 2. The number of fused-ring (bicyclic) bond motifs is 1. The molecule has 3 heterocycles. The average molecular weight is 254 g/mol. The minimum absolute atomic E-state index is 0.111. The minimum Gasteiger partial charge on any atom is -0.370 e. The smallest absolute Gasteiger partial charge is 0.124 e. The summed E-state index contributed by atoms with van der Waals surface area (Å²) in [5, 5.41) is 8.29. The fourth-order valence-corrected chi connectivity index (χ4v) is 3.28. The van der Waals surface area contributed by atoms with E-state index in [0.717, 1.165) is 19.5 Å². The summed E-state index contributed by atoms with van der Waals surface area (Å²) in [5.74, 6) is 1.18. The van der Waals surface area contributed by atoms with Gasteiger partial charge in [0.2, 0.25) is 0 Å². The molecule has 0 aromatic carbocycles. The fraction of sp³-hybridized carbons (Fsp3) is 0.467. The fourth-order valence-electron chi connectivity index (χ4n) is 3.28. The molecule has 0 unspecified atom stereocenters. The van der Waals surface area contributed by atoms with Crippen LogP contribution in [0.15, 0.2) is 30.6 Å². The molecule has 4 heteroatoms. The van der Waals surface area contributed by atoms with Crippen LogP contribution in [0, 0.1) is 0 Å². The Labute approximate surface area is 112 Å². The lowest BCUT2D eigenvalue weighted by Gasteiger charge is -2.40. The van der Waals surface area contributed by atoms with E-state index in [1.165, 1.54) is 36.3 Å². The van der Waals surface area contributed by atoms with Crippen LogP contribution in [0.5, 0.6) is 0 Å². The third-order valence-corrected chi connectivity index (χ3v) is 4.54. The summed E-state index contributed by atoms with van der Waals surface area (Å²) in [5.41, 5.74) is 2.65. The molecule has 0 radical (unpaired) electrons. The Morgan fingerprint density at radius 2 is 2.21 bits per heavy atom. The molecule has 0 atom stereocenters. The quantitative estimate of drug-likeness (QED) is 0.895. The van der Waals surface area contributed by atoms with Crippen molar-refractivity contribution < 1.29 is 0 Å². The highest BCUT2D eigenvalue weighted by atomic mass is 15.3. The Balaban J connectivity index is 1.79. The summed E-state index contributed by atoms with van der Waals surface area (Å²) in [4.78, 5) is 4.29. The Morgan fingerprint density at radius 3 is 2.89 bits per heavy atom. The van der Waals surface area contributed by atoms with Crippen LogP contribution in [0.2, 0.25) is 0 Å². The monoisotopic (exact) mass is 254 g/mol. The van der Waals surface area contributed by atoms with Gasteiger partial charge in [-0.1, -0.05) is 12.5 Å². The van der Waals surface area contributed by atoms with Gasteiger partial charge in [-0.2, -0.15) is 5.10 Å². The lowest BCUT2D eigenvalue weighted by Crippen LogP contribution is -2.36. The normalized spacial score (nSPS) is 20.2. The summed E-state index contributed by atoms with van der Waals surface area (Å²) in [6.45, 7) is 2.09. The molecule has 4 nitrogen and oxygen atoms in total. The van der Waals surface area contributed by atoms with Crippen molar-refractivity contribution in [3.05, 3.63) is 41.9 Å². The van der Waals surface area contributed by atoms with E-state index in [4.69, 9.17) is 5.10 Å². The van der Waals surface area contributed by atoms with Crippen LogP contribution in [-0.2, 0) is 12.0 Å². The van der Waals surface area contributed by atoms with Gasteiger partial charge in [0.15, 0.2) is 0 Å². The van der Waals surface area contributed by atoms with Crippen molar-refractivity contribution in [2.75, 3.05) is 11.9 Å². The van der Waals surface area contributed by atoms with Crippen molar-refractivity contribution >= 4 is 5.82 Å². The standard InChI is InChI=1S/C15H18N4/c1-4-12(11-16-7-1)15(5-2-6-15)13-10-14-17-8-3-9-19(14)18-13/h1,4,7,10-11,17H,2-3,5-6,8-9H2. The molecular formula is C15H18N4. The molecule has 2 aromatic rings. The summed E-state index contributed by atoms with van der Waals surface area (Å²) < 4.78 is 2.12. The number of pyridine rings is 1. The largest absolute Gasteiger partial charge is 0.370 e. The predicted octanol–water partition coefficient (Wildman–Crippen LogP) is 2.56. The zero-order valence-electron chi connectivity index (χ0n) is 11.0. The maximum atomic E-state index is 4.85. The maximum Gasteiger partial charge on any atom is 0.124 e. The third-order valence-electron chi connectivity index (χ3n) is 4.54. The Kier molecular flexibility index (Phi) is 2.37. The first-order chi connectivity index (χ1) is 9.38. The van der Waals surface area contributed by atoms with E-state index in [1.54, 1.807) is 0 Å². The van der Waals surface area contributed by atoms with Gasteiger partial charge >= 0.3 is 0 Å². The molecule has 2 aromatic heterocycles. The number of hydrogen-bond donors (Lipinski definition) is 1. The molecular weight excluding hydrogens is 236 g/mol. The van der Waals surface area contributed by atoms with E-state index in [1.807, 2.05) is 18.5 Å². The summed E-state index contributed by atoms with van der Waals surface area (Å²) in [6, 6.07) is 6.47. The van der Waals surface area contributed by atoms with Gasteiger partial charge < -0.3 is 5.32 Å². The second-order valence-corrected chi connectivity index (χ2v) is 5.60. The first kappa shape index (κ1) is 11.0. The van der Waals surface area contributed by atoms with Crippen LogP contribution >= 0.6 is 0 Å². The highest BCUT2D eigenvalue weighted by Gasteiger charge is 2.43. The Bertz CT molecular complexity index is 560. The lowest BCUT2D eigenvalue weighted by atomic mass is 9.63. The van der Waals surface area contributed by atoms with Crippen molar-refractivity contribution in [2.24, 2.45) is 0 Å². The number of nitrogens with zero attached hydrogens (tertiary/aromatic N) is 3. The SMILES string of the molecule is c1cncc(C2(c3cc4n(n3)CCCN4)CCC2)c1. The van der Waals surface area contributed by atoms with Crippen molar-refractivity contribution in [2.45, 2.75) is 37.6 Å². The molecule has 1 fully saturated rings. The van der Waals surface area contributed by atoms with Crippen LogP contribution in [0.4, 0.5) is 5.82 Å². The number of aromatic nitrogens is 3. The summed E-state index contributed by atoms with van der Waals surface area (Å²) in [6.07, 6.45) is 8.67. The van der Waals surface area contributed by atoms with Gasteiger partial charge in [-0.15, -0.1) is 0 Å². The molecule has 1 N–H and O–H groups in total. The van der Waals surface area contributed by atoms with E-state index in [2.05, 4.69) is 27.1 Å². The lowest BCUT2D eigenvalue weighted by molar-refractivity contribution is 0.290. The van der Waals surface area contributed by atoms with Gasteiger partial charge in [0, 0.05) is 37.0 Å². The molecule has 1 aliphatic carbocycles. The van der Waals surface area contributed by atoms with Crippen molar-refractivity contribution in [1.29, 1.82) is 0 Å². The maximum absolute atomic E-state index is 4.85. The summed E-state index contributed by atoms with van der Waals surface area (Å²) >= 11 is 0. The molecule has 98 valence electrons. The van der Waals surface area contributed by atoms with Crippen LogP contribution in [0.3, 0.4) is 0 Å². The number of hydrogen-bond acceptors (Lipinski definition) is 3. The number of nitrogens with one attached hydrogen (secondary N) is 1. The zero-order chi connectivity index (χ0) is 12.7. The van der Waals surface area contributed by atoms with Crippen LogP contribution in [-0.4, -0.2) is 21.3 Å². The van der Waals surface area contributed by atoms with E-state index < -0.39 is 0 Å². The number of anilines is 1. The van der Waals surface area contributed by atoms with E-state index in [9.17, 15) is 0 Å².